The maximum atomic E-state index is 13.8. The second-order valence-electron chi connectivity index (χ2n) is 10.00. The number of aliphatic hydroxyl groups excluding tert-OH is 1. The third kappa shape index (κ3) is 5.75. The lowest BCUT2D eigenvalue weighted by molar-refractivity contribution is -0.144. The maximum absolute atomic E-state index is 13.8. The summed E-state index contributed by atoms with van der Waals surface area (Å²) >= 11 is 0. The van der Waals surface area contributed by atoms with Gasteiger partial charge in [-0.05, 0) is 30.0 Å². The van der Waals surface area contributed by atoms with E-state index >= 15 is 0 Å². The van der Waals surface area contributed by atoms with E-state index in [1.54, 1.807) is 31.0 Å². The molecule has 0 saturated heterocycles. The van der Waals surface area contributed by atoms with Gasteiger partial charge >= 0.3 is 0 Å². The minimum Gasteiger partial charge on any atom is -0.393 e. The Hall–Kier alpha value is -4.05. The maximum Gasteiger partial charge on any atom is 0.255 e. The number of likely N-dealkylation sites (N-methyl/N-ethyl adjacent to an activating group) is 1. The molecular weight excluding hydrogens is 486 g/mol. The molecule has 0 bridgehead atoms. The minimum atomic E-state index is -0.914. The number of aliphatic hydroxyl groups is 1. The summed E-state index contributed by atoms with van der Waals surface area (Å²) in [5, 5.41) is 16.8. The molecule has 3 atom stereocenters. The number of nitrogens with one attached hydrogen (secondary N) is 1. The topological polar surface area (TPSA) is 129 Å². The molecular formula is C28H33N5O5. The number of benzene rings is 2. The zero-order valence-corrected chi connectivity index (χ0v) is 22.0. The van der Waals surface area contributed by atoms with E-state index in [0.717, 1.165) is 16.7 Å². The highest BCUT2D eigenvalue weighted by molar-refractivity contribution is 6.01. The highest BCUT2D eigenvalue weighted by atomic mass is 16.5. The van der Waals surface area contributed by atoms with Crippen molar-refractivity contribution in [3.05, 3.63) is 71.6 Å². The molecule has 4 rings (SSSR count). The van der Waals surface area contributed by atoms with E-state index in [-0.39, 0.29) is 36.6 Å². The van der Waals surface area contributed by atoms with E-state index in [9.17, 15) is 19.5 Å². The summed E-state index contributed by atoms with van der Waals surface area (Å²) in [6, 6.07) is 13.0. The van der Waals surface area contributed by atoms with Gasteiger partial charge in [-0.15, -0.1) is 0 Å². The molecule has 0 saturated carbocycles. The van der Waals surface area contributed by atoms with Crippen LogP contribution in [0.25, 0.3) is 11.4 Å². The lowest BCUT2D eigenvalue weighted by Gasteiger charge is -2.36. The van der Waals surface area contributed by atoms with Gasteiger partial charge in [-0.1, -0.05) is 61.5 Å². The predicted octanol–water partition coefficient (Wildman–Crippen LogP) is 2.63. The molecule has 0 aliphatic carbocycles. The van der Waals surface area contributed by atoms with Crippen molar-refractivity contribution in [3.63, 3.8) is 0 Å². The van der Waals surface area contributed by atoms with Crippen LogP contribution in [0.2, 0.25) is 0 Å². The molecule has 3 aromatic rings. The molecule has 2 heterocycles. The number of fused-ring (bicyclic) bond motifs is 1. The summed E-state index contributed by atoms with van der Waals surface area (Å²) in [5.41, 5.74) is 3.10. The van der Waals surface area contributed by atoms with Gasteiger partial charge in [0.2, 0.25) is 24.0 Å². The molecule has 0 fully saturated rings. The Balaban J connectivity index is 1.46. The Labute approximate surface area is 221 Å². The van der Waals surface area contributed by atoms with Gasteiger partial charge in [0, 0.05) is 37.7 Å². The third-order valence-electron chi connectivity index (χ3n) is 6.79. The zero-order chi connectivity index (χ0) is 27.4. The van der Waals surface area contributed by atoms with Crippen LogP contribution in [-0.4, -0.2) is 68.0 Å². The van der Waals surface area contributed by atoms with Gasteiger partial charge in [-0.3, -0.25) is 14.4 Å². The Morgan fingerprint density at radius 1 is 1.13 bits per heavy atom. The number of aromatic nitrogens is 2. The number of nitrogens with zero attached hydrogens (tertiary/aromatic N) is 4. The second kappa shape index (κ2) is 11.6. The second-order valence-corrected chi connectivity index (χ2v) is 10.00. The van der Waals surface area contributed by atoms with E-state index < -0.39 is 18.2 Å². The van der Waals surface area contributed by atoms with Gasteiger partial charge in [0.05, 0.1) is 6.10 Å². The van der Waals surface area contributed by atoms with E-state index in [1.165, 1.54) is 11.3 Å². The first-order valence-electron chi connectivity index (χ1n) is 12.6. The summed E-state index contributed by atoms with van der Waals surface area (Å²) in [5.74, 6) is -0.635. The van der Waals surface area contributed by atoms with Crippen LogP contribution in [0.3, 0.4) is 0 Å². The van der Waals surface area contributed by atoms with Gasteiger partial charge < -0.3 is 24.7 Å². The lowest BCUT2D eigenvalue weighted by Crippen LogP contribution is -2.56. The van der Waals surface area contributed by atoms with Crippen molar-refractivity contribution < 1.29 is 24.0 Å². The van der Waals surface area contributed by atoms with Crippen LogP contribution in [-0.2, 0) is 22.7 Å². The number of carbonyl (C=O) groups excluding carboxylic acids is 3. The minimum absolute atomic E-state index is 0.0594. The Kier molecular flexibility index (Phi) is 8.21. The highest BCUT2D eigenvalue weighted by Gasteiger charge is 2.41. The number of amides is 3. The van der Waals surface area contributed by atoms with Crippen molar-refractivity contribution in [1.82, 2.24) is 25.3 Å². The molecule has 3 amide bonds. The third-order valence-corrected chi connectivity index (χ3v) is 6.79. The molecule has 2 aromatic carbocycles. The standard InChI is InChI=1S/C28H33N5O5/c1-17(2)24(33-15-21-7-5-6-8-22(21)27(33)36)28(37)32(4)23(13-18(3)34)26(35)29-14-19-9-11-20(12-10-19)25-30-16-38-31-25/h5-12,16-18,23-24,34H,13-15H2,1-4H3,(H,29,35)/t18-,23-,24-/m0/s1. The summed E-state index contributed by atoms with van der Waals surface area (Å²) in [6.45, 7) is 5.92. The molecule has 0 radical (unpaired) electrons. The van der Waals surface area contributed by atoms with Crippen LogP contribution in [0, 0.1) is 5.92 Å². The number of hydrogen-bond acceptors (Lipinski definition) is 7. The van der Waals surface area contributed by atoms with Crippen molar-refractivity contribution in [2.24, 2.45) is 5.92 Å². The van der Waals surface area contributed by atoms with E-state index in [0.29, 0.717) is 17.9 Å². The predicted molar refractivity (Wildman–Crippen MR) is 139 cm³/mol. The Morgan fingerprint density at radius 2 is 1.84 bits per heavy atom. The van der Waals surface area contributed by atoms with E-state index in [1.807, 2.05) is 50.2 Å². The first-order valence-corrected chi connectivity index (χ1v) is 12.6. The number of carbonyl (C=O) groups is 3. The fourth-order valence-electron chi connectivity index (χ4n) is 4.78. The van der Waals surface area contributed by atoms with E-state index in [2.05, 4.69) is 15.5 Å². The van der Waals surface area contributed by atoms with Crippen LogP contribution >= 0.6 is 0 Å². The summed E-state index contributed by atoms with van der Waals surface area (Å²) < 4.78 is 4.77. The van der Waals surface area contributed by atoms with Crippen molar-refractivity contribution in [2.75, 3.05) is 7.05 Å². The molecule has 10 nitrogen and oxygen atoms in total. The van der Waals surface area contributed by atoms with Gasteiger partial charge in [0.15, 0.2) is 0 Å². The Morgan fingerprint density at radius 3 is 2.45 bits per heavy atom. The summed E-state index contributed by atoms with van der Waals surface area (Å²) in [6.07, 6.45) is 0.501. The largest absolute Gasteiger partial charge is 0.393 e. The lowest BCUT2D eigenvalue weighted by atomic mass is 9.99. The number of rotatable bonds is 10. The number of hydrogen-bond donors (Lipinski definition) is 2. The molecule has 38 heavy (non-hydrogen) atoms. The fourth-order valence-corrected chi connectivity index (χ4v) is 4.78. The molecule has 2 N–H and O–H groups in total. The monoisotopic (exact) mass is 519 g/mol. The van der Waals surface area contributed by atoms with Crippen molar-refractivity contribution in [3.8, 4) is 11.4 Å². The zero-order valence-electron chi connectivity index (χ0n) is 22.0. The first kappa shape index (κ1) is 27.0. The van der Waals surface area contributed by atoms with Crippen molar-refractivity contribution in [2.45, 2.75) is 58.5 Å². The SMILES string of the molecule is CC(C)[C@@H](C(=O)N(C)[C@@H](C[C@H](C)O)C(=O)NCc1ccc(-c2ncon2)cc1)N1Cc2ccccc2C1=O. The quantitative estimate of drug-likeness (QED) is 0.421. The van der Waals surface area contributed by atoms with E-state index in [4.69, 9.17) is 4.52 Å². The average Bonchev–Trinajstić information content (AvgIpc) is 3.55. The van der Waals surface area contributed by atoms with Crippen LogP contribution in [0.4, 0.5) is 0 Å². The summed E-state index contributed by atoms with van der Waals surface area (Å²) in [4.78, 5) is 47.1. The normalized spacial score (nSPS) is 15.2. The molecule has 200 valence electrons. The molecule has 10 heteroatoms. The van der Waals surface area contributed by atoms with Crippen LogP contribution < -0.4 is 5.32 Å². The van der Waals surface area contributed by atoms with Gasteiger partial charge in [-0.25, -0.2) is 0 Å². The molecule has 1 aliphatic heterocycles. The average molecular weight is 520 g/mol. The van der Waals surface area contributed by atoms with Crippen molar-refractivity contribution >= 4 is 17.7 Å². The molecule has 0 unspecified atom stereocenters. The molecule has 1 aromatic heterocycles. The summed E-state index contributed by atoms with van der Waals surface area (Å²) in [7, 11) is 1.55. The fraction of sp³-hybridized carbons (Fsp3) is 0.393. The van der Waals surface area contributed by atoms with Gasteiger partial charge in [0.25, 0.3) is 5.91 Å². The molecule has 0 spiro atoms. The smallest absolute Gasteiger partial charge is 0.255 e. The van der Waals surface area contributed by atoms with Crippen LogP contribution in [0.1, 0.15) is 48.7 Å². The van der Waals surface area contributed by atoms with Gasteiger partial charge in [-0.2, -0.15) is 4.98 Å². The van der Waals surface area contributed by atoms with Gasteiger partial charge in [0.1, 0.15) is 12.1 Å². The first-order chi connectivity index (χ1) is 18.2. The highest BCUT2D eigenvalue weighted by Crippen LogP contribution is 2.28. The molecule has 1 aliphatic rings. The Bertz CT molecular complexity index is 1270. The van der Waals surface area contributed by atoms with Crippen LogP contribution in [0.15, 0.2) is 59.4 Å². The van der Waals surface area contributed by atoms with Crippen LogP contribution in [0.5, 0.6) is 0 Å². The van der Waals surface area contributed by atoms with Crippen molar-refractivity contribution in [1.29, 1.82) is 0 Å².